The second-order valence-corrected chi connectivity index (χ2v) is 4.04. The van der Waals surface area contributed by atoms with Crippen LogP contribution in [0.5, 0.6) is 0 Å². The molecule has 0 aromatic rings. The maximum atomic E-state index is 11.0. The first-order valence-corrected chi connectivity index (χ1v) is 4.54. The van der Waals surface area contributed by atoms with Crippen LogP contribution in [0.25, 0.3) is 0 Å². The van der Waals surface area contributed by atoms with Crippen molar-refractivity contribution < 1.29 is 19.2 Å². The molecule has 88 valence electrons. The summed E-state index contributed by atoms with van der Waals surface area (Å²) < 4.78 is 4.43. The normalized spacial score (nSPS) is 13.1. The molecule has 0 bridgehead atoms. The highest BCUT2D eigenvalue weighted by atomic mass is 16.7. The zero-order valence-corrected chi connectivity index (χ0v) is 9.52. The zero-order chi connectivity index (χ0) is 12.1. The van der Waals surface area contributed by atoms with Crippen molar-refractivity contribution in [3.63, 3.8) is 0 Å². The van der Waals surface area contributed by atoms with E-state index < -0.39 is 17.6 Å². The number of carbonyl (C=O) groups is 2. The van der Waals surface area contributed by atoms with Gasteiger partial charge in [-0.05, 0) is 20.8 Å². The van der Waals surface area contributed by atoms with Crippen LogP contribution in [0.1, 0.15) is 20.8 Å². The molecule has 0 aliphatic heterocycles. The Morgan fingerprint density at radius 2 is 2.07 bits per heavy atom. The minimum Gasteiger partial charge on any atom is -0.468 e. The minimum atomic E-state index is -0.900. The predicted octanol–water partition coefficient (Wildman–Crippen LogP) is -0.325. The summed E-state index contributed by atoms with van der Waals surface area (Å²) >= 11 is 0. The van der Waals surface area contributed by atoms with Gasteiger partial charge in [0, 0.05) is 0 Å². The monoisotopic (exact) mass is 218 g/mol. The van der Waals surface area contributed by atoms with E-state index in [9.17, 15) is 9.59 Å². The maximum Gasteiger partial charge on any atom is 0.324 e. The molecular weight excluding hydrogens is 200 g/mol. The summed E-state index contributed by atoms with van der Waals surface area (Å²) in [5.74, 6) is -0.584. The second-order valence-electron chi connectivity index (χ2n) is 4.04. The summed E-state index contributed by atoms with van der Waals surface area (Å²) in [5.41, 5.74) is 4.95. The van der Waals surface area contributed by atoms with Crippen LogP contribution in [0.3, 0.4) is 0 Å². The van der Waals surface area contributed by atoms with E-state index in [4.69, 9.17) is 10.6 Å². The van der Waals surface area contributed by atoms with Gasteiger partial charge in [-0.2, -0.15) is 0 Å². The molecule has 0 aliphatic rings. The molecule has 1 unspecified atom stereocenters. The largest absolute Gasteiger partial charge is 0.468 e. The number of rotatable bonds is 5. The van der Waals surface area contributed by atoms with Gasteiger partial charge < -0.3 is 10.5 Å². The lowest BCUT2D eigenvalue weighted by Gasteiger charge is -2.27. The first kappa shape index (κ1) is 13.9. The highest BCUT2D eigenvalue weighted by Gasteiger charge is 2.21. The smallest absolute Gasteiger partial charge is 0.324 e. The molecule has 0 aliphatic carbocycles. The molecule has 6 heteroatoms. The van der Waals surface area contributed by atoms with Crippen LogP contribution in [-0.4, -0.2) is 42.7 Å². The maximum absolute atomic E-state index is 11.0. The van der Waals surface area contributed by atoms with Crippen LogP contribution in [0.4, 0.5) is 0 Å². The molecular formula is C9H18N2O4. The van der Waals surface area contributed by atoms with Crippen molar-refractivity contribution in [2.75, 3.05) is 13.7 Å². The lowest BCUT2D eigenvalue weighted by atomic mass is 10.2. The van der Waals surface area contributed by atoms with E-state index in [1.165, 1.54) is 7.11 Å². The molecule has 0 rings (SSSR count). The quantitative estimate of drug-likeness (QED) is 0.388. The Morgan fingerprint density at radius 3 is 2.40 bits per heavy atom. The van der Waals surface area contributed by atoms with Gasteiger partial charge in [0.2, 0.25) is 6.41 Å². The molecule has 6 nitrogen and oxygen atoms in total. The number of hydroxylamine groups is 2. The number of amides is 1. The Hall–Kier alpha value is -1.14. The third-order valence-electron chi connectivity index (χ3n) is 1.39. The van der Waals surface area contributed by atoms with Crippen molar-refractivity contribution in [2.24, 2.45) is 5.73 Å². The number of hydrogen-bond acceptors (Lipinski definition) is 5. The zero-order valence-electron chi connectivity index (χ0n) is 9.52. The average molecular weight is 218 g/mol. The number of ether oxygens (including phenoxy) is 1. The molecule has 1 atom stereocenters. The molecule has 0 spiro atoms. The van der Waals surface area contributed by atoms with Crippen molar-refractivity contribution >= 4 is 12.4 Å². The van der Waals surface area contributed by atoms with E-state index in [-0.39, 0.29) is 6.54 Å². The summed E-state index contributed by atoms with van der Waals surface area (Å²) in [7, 11) is 1.23. The number of carbonyl (C=O) groups excluding carboxylic acids is 2. The molecule has 2 N–H and O–H groups in total. The Labute approximate surface area is 89.3 Å². The predicted molar refractivity (Wildman–Crippen MR) is 53.6 cm³/mol. The third-order valence-corrected chi connectivity index (χ3v) is 1.39. The standard InChI is InChI=1S/C9H18N2O4/c1-9(2,3)15-11(6-12)5-7(10)8(13)14-4/h6-7H,5,10H2,1-4H3. The summed E-state index contributed by atoms with van der Waals surface area (Å²) in [6.07, 6.45) is 0.480. The van der Waals surface area contributed by atoms with Crippen LogP contribution < -0.4 is 5.73 Å². The van der Waals surface area contributed by atoms with E-state index in [1.54, 1.807) is 20.8 Å². The molecule has 0 aromatic carbocycles. The summed E-state index contributed by atoms with van der Waals surface area (Å²) in [6, 6.07) is -0.900. The lowest BCUT2D eigenvalue weighted by molar-refractivity contribution is -0.218. The Bertz CT molecular complexity index is 225. The van der Waals surface area contributed by atoms with Gasteiger partial charge in [0.1, 0.15) is 6.04 Å². The van der Waals surface area contributed by atoms with Crippen LogP contribution in [0, 0.1) is 0 Å². The second kappa shape index (κ2) is 5.67. The van der Waals surface area contributed by atoms with E-state index in [0.717, 1.165) is 5.06 Å². The molecule has 0 fully saturated rings. The Morgan fingerprint density at radius 1 is 1.53 bits per heavy atom. The number of nitrogens with two attached hydrogens (primary N) is 1. The first-order valence-electron chi connectivity index (χ1n) is 4.54. The van der Waals surface area contributed by atoms with Crippen LogP contribution >= 0.6 is 0 Å². The summed E-state index contributed by atoms with van der Waals surface area (Å²) in [5, 5.41) is 0.988. The number of nitrogens with zero attached hydrogens (tertiary/aromatic N) is 1. The van der Waals surface area contributed by atoms with Crippen molar-refractivity contribution in [3.05, 3.63) is 0 Å². The van der Waals surface area contributed by atoms with Crippen LogP contribution in [-0.2, 0) is 19.2 Å². The van der Waals surface area contributed by atoms with Gasteiger partial charge in [-0.15, -0.1) is 0 Å². The van der Waals surface area contributed by atoms with Gasteiger partial charge in [0.25, 0.3) is 0 Å². The van der Waals surface area contributed by atoms with Gasteiger partial charge >= 0.3 is 5.97 Å². The molecule has 15 heavy (non-hydrogen) atoms. The van der Waals surface area contributed by atoms with Crippen molar-refractivity contribution in [2.45, 2.75) is 32.4 Å². The molecule has 0 heterocycles. The first-order chi connectivity index (χ1) is 6.80. The highest BCUT2D eigenvalue weighted by Crippen LogP contribution is 2.09. The van der Waals surface area contributed by atoms with Crippen molar-refractivity contribution in [1.82, 2.24) is 5.06 Å². The van der Waals surface area contributed by atoms with Gasteiger partial charge in [0.15, 0.2) is 0 Å². The number of esters is 1. The third kappa shape index (κ3) is 6.03. The fraction of sp³-hybridized carbons (Fsp3) is 0.778. The van der Waals surface area contributed by atoms with Crippen LogP contribution in [0.15, 0.2) is 0 Å². The van der Waals surface area contributed by atoms with E-state index >= 15 is 0 Å². The van der Waals surface area contributed by atoms with Crippen molar-refractivity contribution in [3.8, 4) is 0 Å². The topological polar surface area (TPSA) is 81.9 Å². The van der Waals surface area contributed by atoms with E-state index in [1.807, 2.05) is 0 Å². The van der Waals surface area contributed by atoms with Gasteiger partial charge in [-0.1, -0.05) is 0 Å². The fourth-order valence-corrected chi connectivity index (χ4v) is 0.873. The number of methoxy groups -OCH3 is 1. The molecule has 0 saturated heterocycles. The highest BCUT2D eigenvalue weighted by molar-refractivity contribution is 5.75. The van der Waals surface area contributed by atoms with Crippen molar-refractivity contribution in [1.29, 1.82) is 0 Å². The SMILES string of the molecule is COC(=O)C(N)CN(C=O)OC(C)(C)C. The van der Waals surface area contributed by atoms with Gasteiger partial charge in [-0.25, -0.2) is 5.06 Å². The summed E-state index contributed by atoms with van der Waals surface area (Å²) in [4.78, 5) is 26.8. The van der Waals surface area contributed by atoms with E-state index in [0.29, 0.717) is 6.41 Å². The van der Waals surface area contributed by atoms with Gasteiger partial charge in [-0.3, -0.25) is 14.4 Å². The molecule has 0 saturated carbocycles. The Balaban J connectivity index is 4.22. The minimum absolute atomic E-state index is 0.0343. The lowest BCUT2D eigenvalue weighted by Crippen LogP contribution is -2.45. The average Bonchev–Trinajstić information content (AvgIpc) is 2.13. The molecule has 1 amide bonds. The summed E-state index contributed by atoms with van der Waals surface area (Å²) in [6.45, 7) is 5.32. The fourth-order valence-electron chi connectivity index (χ4n) is 0.873. The number of hydrogen-bond donors (Lipinski definition) is 1. The molecule has 0 radical (unpaired) electrons. The van der Waals surface area contributed by atoms with Gasteiger partial charge in [0.05, 0.1) is 19.3 Å². The Kier molecular flexibility index (Phi) is 5.24. The van der Waals surface area contributed by atoms with E-state index in [2.05, 4.69) is 4.74 Å². The molecule has 0 aromatic heterocycles. The van der Waals surface area contributed by atoms with Crippen LogP contribution in [0.2, 0.25) is 0 Å².